The van der Waals surface area contributed by atoms with Gasteiger partial charge in [0, 0.05) is 12.6 Å². The highest BCUT2D eigenvalue weighted by Gasteiger charge is 2.30. The maximum absolute atomic E-state index is 12.6. The minimum absolute atomic E-state index is 0.00993. The Morgan fingerprint density at radius 3 is 2.90 bits per heavy atom. The molecule has 6 heteroatoms. The highest BCUT2D eigenvalue weighted by molar-refractivity contribution is 6.33. The Kier molecular flexibility index (Phi) is 5.07. The van der Waals surface area contributed by atoms with Crippen molar-refractivity contribution in [3.05, 3.63) is 28.8 Å². The summed E-state index contributed by atoms with van der Waals surface area (Å²) >= 11 is 6.04. The van der Waals surface area contributed by atoms with Crippen LogP contribution in [-0.4, -0.2) is 41.6 Å². The zero-order chi connectivity index (χ0) is 15.4. The Morgan fingerprint density at radius 1 is 1.43 bits per heavy atom. The second-order valence-electron chi connectivity index (χ2n) is 5.09. The molecule has 1 aromatic carbocycles. The number of nitrogens with zero attached hydrogens (tertiary/aromatic N) is 1. The molecule has 1 aliphatic rings. The summed E-state index contributed by atoms with van der Waals surface area (Å²) in [5, 5.41) is 9.82. The zero-order valence-electron chi connectivity index (χ0n) is 11.8. The Bertz CT molecular complexity index is 546. The normalized spacial score (nSPS) is 18.4. The van der Waals surface area contributed by atoms with E-state index in [-0.39, 0.29) is 35.7 Å². The molecule has 21 heavy (non-hydrogen) atoms. The van der Waals surface area contributed by atoms with Gasteiger partial charge in [0.05, 0.1) is 24.1 Å². The molecule has 1 atom stereocenters. The number of carbonyl (C=O) groups excluding carboxylic acids is 2. The van der Waals surface area contributed by atoms with Crippen molar-refractivity contribution in [2.24, 2.45) is 0 Å². The average molecular weight is 312 g/mol. The molecule has 0 radical (unpaired) electrons. The number of phenols is 1. The lowest BCUT2D eigenvalue weighted by molar-refractivity contribution is -0.142. The SMILES string of the molecule is COC(=O)CC1CCCCN1C(=O)c1cc(O)ccc1Cl. The number of benzene rings is 1. The fourth-order valence-corrected chi connectivity index (χ4v) is 2.79. The molecule has 1 unspecified atom stereocenters. The number of carbonyl (C=O) groups is 2. The number of likely N-dealkylation sites (tertiary alicyclic amines) is 1. The van der Waals surface area contributed by atoms with E-state index < -0.39 is 0 Å². The van der Waals surface area contributed by atoms with Gasteiger partial charge >= 0.3 is 5.97 Å². The predicted molar refractivity (Wildman–Crippen MR) is 78.4 cm³/mol. The molecule has 1 fully saturated rings. The number of ether oxygens (including phenoxy) is 1. The molecule has 114 valence electrons. The van der Waals surface area contributed by atoms with E-state index in [0.717, 1.165) is 19.3 Å². The molecule has 0 bridgehead atoms. The first-order chi connectivity index (χ1) is 10.0. The smallest absolute Gasteiger partial charge is 0.307 e. The Labute approximate surface area is 128 Å². The summed E-state index contributed by atoms with van der Waals surface area (Å²) in [5.41, 5.74) is 0.258. The lowest BCUT2D eigenvalue weighted by Gasteiger charge is -2.35. The largest absolute Gasteiger partial charge is 0.508 e. The second kappa shape index (κ2) is 6.80. The van der Waals surface area contributed by atoms with Crippen molar-refractivity contribution in [2.45, 2.75) is 31.7 Å². The number of halogens is 1. The summed E-state index contributed by atoms with van der Waals surface area (Å²) in [5.74, 6) is -0.601. The second-order valence-corrected chi connectivity index (χ2v) is 5.50. The molecule has 1 heterocycles. The van der Waals surface area contributed by atoms with Gasteiger partial charge in [0.15, 0.2) is 0 Å². The van der Waals surface area contributed by atoms with Crippen molar-refractivity contribution >= 4 is 23.5 Å². The minimum atomic E-state index is -0.332. The van der Waals surface area contributed by atoms with Crippen LogP contribution < -0.4 is 0 Å². The van der Waals surface area contributed by atoms with E-state index in [1.807, 2.05) is 0 Å². The zero-order valence-corrected chi connectivity index (χ0v) is 12.6. The van der Waals surface area contributed by atoms with Crippen LogP contribution in [0.25, 0.3) is 0 Å². The first kappa shape index (κ1) is 15.6. The Balaban J connectivity index is 2.22. The van der Waals surface area contributed by atoms with Gasteiger partial charge in [0.2, 0.25) is 0 Å². The summed E-state index contributed by atoms with van der Waals surface area (Å²) in [6.07, 6.45) is 2.80. The number of phenolic OH excluding ortho intramolecular Hbond substituents is 1. The first-order valence-electron chi connectivity index (χ1n) is 6.89. The van der Waals surface area contributed by atoms with Crippen LogP contribution in [0.2, 0.25) is 5.02 Å². The number of piperidine rings is 1. The molecule has 0 aromatic heterocycles. The Morgan fingerprint density at radius 2 is 2.19 bits per heavy atom. The van der Waals surface area contributed by atoms with Crippen LogP contribution in [0, 0.1) is 0 Å². The van der Waals surface area contributed by atoms with Gasteiger partial charge in [-0.2, -0.15) is 0 Å². The summed E-state index contributed by atoms with van der Waals surface area (Å²) in [7, 11) is 1.34. The summed E-state index contributed by atoms with van der Waals surface area (Å²) in [6, 6.07) is 4.09. The van der Waals surface area contributed by atoms with Crippen molar-refractivity contribution in [1.82, 2.24) is 4.90 Å². The number of esters is 1. The van der Waals surface area contributed by atoms with E-state index in [0.29, 0.717) is 11.6 Å². The standard InChI is InChI=1S/C15H18ClNO4/c1-21-14(19)8-10-4-2-3-7-17(10)15(20)12-9-11(18)5-6-13(12)16/h5-6,9-10,18H,2-4,7-8H2,1H3. The molecule has 0 aliphatic carbocycles. The van der Waals surface area contributed by atoms with Gasteiger partial charge in [-0.05, 0) is 37.5 Å². The maximum atomic E-state index is 12.6. The van der Waals surface area contributed by atoms with E-state index in [1.54, 1.807) is 4.90 Å². The van der Waals surface area contributed by atoms with E-state index >= 15 is 0 Å². The third-order valence-electron chi connectivity index (χ3n) is 3.70. The summed E-state index contributed by atoms with van der Waals surface area (Å²) in [4.78, 5) is 25.8. The molecular formula is C15H18ClNO4. The van der Waals surface area contributed by atoms with Crippen molar-refractivity contribution in [1.29, 1.82) is 0 Å². The van der Waals surface area contributed by atoms with Crippen LogP contribution in [0.5, 0.6) is 5.75 Å². The van der Waals surface area contributed by atoms with E-state index in [2.05, 4.69) is 4.74 Å². The molecule has 1 aromatic rings. The highest BCUT2D eigenvalue weighted by atomic mass is 35.5. The monoisotopic (exact) mass is 311 g/mol. The number of hydrogen-bond donors (Lipinski definition) is 1. The van der Waals surface area contributed by atoms with Crippen LogP contribution >= 0.6 is 11.6 Å². The van der Waals surface area contributed by atoms with Crippen LogP contribution in [0.3, 0.4) is 0 Å². The van der Waals surface area contributed by atoms with Crippen LogP contribution in [0.1, 0.15) is 36.0 Å². The number of hydrogen-bond acceptors (Lipinski definition) is 4. The molecule has 5 nitrogen and oxygen atoms in total. The summed E-state index contributed by atoms with van der Waals surface area (Å²) in [6.45, 7) is 0.576. The lowest BCUT2D eigenvalue weighted by atomic mass is 9.98. The van der Waals surface area contributed by atoms with Gasteiger partial charge in [0.25, 0.3) is 5.91 Å². The number of methoxy groups -OCH3 is 1. The van der Waals surface area contributed by atoms with Crippen molar-refractivity contribution in [3.63, 3.8) is 0 Å². The lowest BCUT2D eigenvalue weighted by Crippen LogP contribution is -2.45. The molecular weight excluding hydrogens is 294 g/mol. The van der Waals surface area contributed by atoms with Gasteiger partial charge < -0.3 is 14.7 Å². The van der Waals surface area contributed by atoms with Gasteiger partial charge in [-0.15, -0.1) is 0 Å². The van der Waals surface area contributed by atoms with Gasteiger partial charge in [0.1, 0.15) is 5.75 Å². The number of rotatable bonds is 3. The third-order valence-corrected chi connectivity index (χ3v) is 4.03. The van der Waals surface area contributed by atoms with Gasteiger partial charge in [-0.25, -0.2) is 0 Å². The van der Waals surface area contributed by atoms with Crippen LogP contribution in [0.15, 0.2) is 18.2 Å². The highest BCUT2D eigenvalue weighted by Crippen LogP contribution is 2.27. The molecule has 2 rings (SSSR count). The first-order valence-corrected chi connectivity index (χ1v) is 7.27. The maximum Gasteiger partial charge on any atom is 0.307 e. The topological polar surface area (TPSA) is 66.8 Å². The van der Waals surface area contributed by atoms with Crippen molar-refractivity contribution in [3.8, 4) is 5.75 Å². The molecule has 0 spiro atoms. The quantitative estimate of drug-likeness (QED) is 0.871. The number of aromatic hydroxyl groups is 1. The van der Waals surface area contributed by atoms with Crippen LogP contribution in [0.4, 0.5) is 0 Å². The van der Waals surface area contributed by atoms with E-state index in [1.165, 1.54) is 25.3 Å². The van der Waals surface area contributed by atoms with Gasteiger partial charge in [-0.1, -0.05) is 11.6 Å². The molecule has 1 amide bonds. The minimum Gasteiger partial charge on any atom is -0.508 e. The fourth-order valence-electron chi connectivity index (χ4n) is 2.59. The Hall–Kier alpha value is -1.75. The van der Waals surface area contributed by atoms with Crippen molar-refractivity contribution in [2.75, 3.05) is 13.7 Å². The average Bonchev–Trinajstić information content (AvgIpc) is 2.49. The molecule has 1 N–H and O–H groups in total. The van der Waals surface area contributed by atoms with E-state index in [9.17, 15) is 14.7 Å². The predicted octanol–water partition coefficient (Wildman–Crippen LogP) is 2.60. The molecule has 0 saturated carbocycles. The third kappa shape index (κ3) is 3.67. The van der Waals surface area contributed by atoms with Crippen LogP contribution in [-0.2, 0) is 9.53 Å². The fraction of sp³-hybridized carbons (Fsp3) is 0.467. The van der Waals surface area contributed by atoms with Gasteiger partial charge in [-0.3, -0.25) is 9.59 Å². The van der Waals surface area contributed by atoms with Crippen molar-refractivity contribution < 1.29 is 19.4 Å². The molecule has 1 aliphatic heterocycles. The van der Waals surface area contributed by atoms with E-state index in [4.69, 9.17) is 11.6 Å². The molecule has 1 saturated heterocycles. The summed E-state index contributed by atoms with van der Waals surface area (Å²) < 4.78 is 4.69. The number of amides is 1.